The first-order valence-electron chi connectivity index (χ1n) is 5.72. The maximum absolute atomic E-state index is 13.1. The van der Waals surface area contributed by atoms with Crippen LogP contribution in [0.25, 0.3) is 0 Å². The topological polar surface area (TPSA) is 44.0 Å². The van der Waals surface area contributed by atoms with Gasteiger partial charge in [-0.2, -0.15) is 5.26 Å². The standard InChI is InChI=1S/C15H11F2NO/c16-13-5-4-10(7-14(13)17)8-15(19)12-3-1-2-11(6-12)9-18/h1-7,15,19H,8H2. The summed E-state index contributed by atoms with van der Waals surface area (Å²) in [4.78, 5) is 0. The SMILES string of the molecule is N#Cc1cccc(C(O)Cc2ccc(F)c(F)c2)c1. The van der Waals surface area contributed by atoms with Crippen molar-refractivity contribution < 1.29 is 13.9 Å². The monoisotopic (exact) mass is 259 g/mol. The van der Waals surface area contributed by atoms with Gasteiger partial charge in [0.05, 0.1) is 17.7 Å². The van der Waals surface area contributed by atoms with Crippen LogP contribution in [0.5, 0.6) is 0 Å². The molecule has 0 saturated heterocycles. The van der Waals surface area contributed by atoms with Crippen molar-refractivity contribution in [2.45, 2.75) is 12.5 Å². The fourth-order valence-electron chi connectivity index (χ4n) is 1.82. The first-order valence-corrected chi connectivity index (χ1v) is 5.72. The van der Waals surface area contributed by atoms with E-state index in [2.05, 4.69) is 0 Å². The molecule has 4 heteroatoms. The Balaban J connectivity index is 2.18. The highest BCUT2D eigenvalue weighted by molar-refractivity contribution is 5.34. The van der Waals surface area contributed by atoms with Gasteiger partial charge in [-0.1, -0.05) is 18.2 Å². The van der Waals surface area contributed by atoms with Crippen molar-refractivity contribution in [3.63, 3.8) is 0 Å². The summed E-state index contributed by atoms with van der Waals surface area (Å²) in [5.41, 5.74) is 1.51. The van der Waals surface area contributed by atoms with Gasteiger partial charge >= 0.3 is 0 Å². The third kappa shape index (κ3) is 3.15. The summed E-state index contributed by atoms with van der Waals surface area (Å²) in [6.45, 7) is 0. The van der Waals surface area contributed by atoms with Crippen molar-refractivity contribution in [3.8, 4) is 6.07 Å². The maximum Gasteiger partial charge on any atom is 0.159 e. The van der Waals surface area contributed by atoms with Gasteiger partial charge in [-0.25, -0.2) is 8.78 Å². The summed E-state index contributed by atoms with van der Waals surface area (Å²) in [7, 11) is 0. The molecule has 96 valence electrons. The van der Waals surface area contributed by atoms with Gasteiger partial charge in [0.1, 0.15) is 0 Å². The van der Waals surface area contributed by atoms with E-state index in [1.165, 1.54) is 6.07 Å². The molecule has 0 aromatic heterocycles. The van der Waals surface area contributed by atoms with Crippen molar-refractivity contribution in [1.82, 2.24) is 0 Å². The first kappa shape index (κ1) is 13.2. The second-order valence-corrected chi connectivity index (χ2v) is 4.21. The highest BCUT2D eigenvalue weighted by atomic mass is 19.2. The van der Waals surface area contributed by atoms with Gasteiger partial charge in [0.15, 0.2) is 11.6 Å². The van der Waals surface area contributed by atoms with Crippen LogP contribution in [-0.2, 0) is 6.42 Å². The van der Waals surface area contributed by atoms with E-state index in [-0.39, 0.29) is 6.42 Å². The smallest absolute Gasteiger partial charge is 0.159 e. The molecule has 0 radical (unpaired) electrons. The van der Waals surface area contributed by atoms with E-state index >= 15 is 0 Å². The van der Waals surface area contributed by atoms with E-state index in [0.29, 0.717) is 16.7 Å². The largest absolute Gasteiger partial charge is 0.388 e. The minimum Gasteiger partial charge on any atom is -0.388 e. The fourth-order valence-corrected chi connectivity index (χ4v) is 1.82. The van der Waals surface area contributed by atoms with Crippen LogP contribution in [0.4, 0.5) is 8.78 Å². The molecule has 0 saturated carbocycles. The van der Waals surface area contributed by atoms with E-state index in [4.69, 9.17) is 5.26 Å². The van der Waals surface area contributed by atoms with Crippen LogP contribution in [0.15, 0.2) is 42.5 Å². The quantitative estimate of drug-likeness (QED) is 0.920. The van der Waals surface area contributed by atoms with Crippen LogP contribution in [0.2, 0.25) is 0 Å². The highest BCUT2D eigenvalue weighted by Gasteiger charge is 2.11. The lowest BCUT2D eigenvalue weighted by Crippen LogP contribution is -2.03. The molecule has 1 N–H and O–H groups in total. The van der Waals surface area contributed by atoms with Crippen molar-refractivity contribution in [2.75, 3.05) is 0 Å². The molecule has 19 heavy (non-hydrogen) atoms. The molecule has 0 amide bonds. The molecule has 0 bridgehead atoms. The van der Waals surface area contributed by atoms with Crippen molar-refractivity contribution >= 4 is 0 Å². The summed E-state index contributed by atoms with van der Waals surface area (Å²) in [6.07, 6.45) is -0.704. The summed E-state index contributed by atoms with van der Waals surface area (Å²) in [5.74, 6) is -1.85. The molecular weight excluding hydrogens is 248 g/mol. The van der Waals surface area contributed by atoms with Crippen LogP contribution in [-0.4, -0.2) is 5.11 Å². The zero-order valence-corrected chi connectivity index (χ0v) is 9.98. The minimum atomic E-state index is -0.935. The average Bonchev–Trinajstić information content (AvgIpc) is 2.43. The predicted octanol–water partition coefficient (Wildman–Crippen LogP) is 3.11. The third-order valence-corrected chi connectivity index (χ3v) is 2.81. The van der Waals surface area contributed by atoms with Gasteiger partial charge in [0, 0.05) is 6.42 Å². The molecule has 0 spiro atoms. The van der Waals surface area contributed by atoms with Crippen molar-refractivity contribution in [3.05, 3.63) is 70.8 Å². The van der Waals surface area contributed by atoms with E-state index in [1.807, 2.05) is 6.07 Å². The lowest BCUT2D eigenvalue weighted by atomic mass is 10.00. The van der Waals surface area contributed by atoms with E-state index in [9.17, 15) is 13.9 Å². The molecule has 1 atom stereocenters. The van der Waals surface area contributed by atoms with Crippen LogP contribution in [0.1, 0.15) is 22.8 Å². The van der Waals surface area contributed by atoms with Crippen LogP contribution in [0, 0.1) is 23.0 Å². The highest BCUT2D eigenvalue weighted by Crippen LogP contribution is 2.20. The third-order valence-electron chi connectivity index (χ3n) is 2.81. The Morgan fingerprint density at radius 2 is 1.89 bits per heavy atom. The van der Waals surface area contributed by atoms with Crippen LogP contribution in [0.3, 0.4) is 0 Å². The number of aliphatic hydroxyl groups excluding tert-OH is 1. The summed E-state index contributed by atoms with van der Waals surface area (Å²) < 4.78 is 25.8. The lowest BCUT2D eigenvalue weighted by Gasteiger charge is -2.11. The van der Waals surface area contributed by atoms with Gasteiger partial charge in [-0.05, 0) is 35.4 Å². The van der Waals surface area contributed by atoms with Crippen LogP contribution >= 0.6 is 0 Å². The van der Waals surface area contributed by atoms with Gasteiger partial charge in [-0.15, -0.1) is 0 Å². The zero-order chi connectivity index (χ0) is 13.8. The van der Waals surface area contributed by atoms with E-state index in [0.717, 1.165) is 12.1 Å². The molecule has 2 aromatic carbocycles. The molecule has 1 unspecified atom stereocenters. The molecule has 0 fully saturated rings. The summed E-state index contributed by atoms with van der Waals surface area (Å²) in [6, 6.07) is 12.1. The zero-order valence-electron chi connectivity index (χ0n) is 9.98. The second-order valence-electron chi connectivity index (χ2n) is 4.21. The molecule has 2 aromatic rings. The van der Waals surface area contributed by atoms with E-state index < -0.39 is 17.7 Å². The van der Waals surface area contributed by atoms with Gasteiger partial charge in [0.25, 0.3) is 0 Å². The number of nitriles is 1. The van der Waals surface area contributed by atoms with Crippen molar-refractivity contribution in [1.29, 1.82) is 5.26 Å². The first-order chi connectivity index (χ1) is 9.10. The van der Waals surface area contributed by atoms with Crippen molar-refractivity contribution in [2.24, 2.45) is 0 Å². The number of aliphatic hydroxyl groups is 1. The number of halogens is 2. The lowest BCUT2D eigenvalue weighted by molar-refractivity contribution is 0.178. The Labute approximate surface area is 109 Å². The van der Waals surface area contributed by atoms with E-state index in [1.54, 1.807) is 24.3 Å². The molecule has 2 rings (SSSR count). The summed E-state index contributed by atoms with van der Waals surface area (Å²) >= 11 is 0. The number of benzene rings is 2. The average molecular weight is 259 g/mol. The Bertz CT molecular complexity index is 634. The number of hydrogen-bond acceptors (Lipinski definition) is 2. The predicted molar refractivity (Wildman–Crippen MR) is 66.2 cm³/mol. The Morgan fingerprint density at radius 3 is 2.58 bits per heavy atom. The van der Waals surface area contributed by atoms with Gasteiger partial charge in [-0.3, -0.25) is 0 Å². The Morgan fingerprint density at radius 1 is 1.11 bits per heavy atom. The number of hydrogen-bond donors (Lipinski definition) is 1. The number of nitrogens with zero attached hydrogens (tertiary/aromatic N) is 1. The Hall–Kier alpha value is -2.25. The molecular formula is C15H11F2NO. The number of rotatable bonds is 3. The minimum absolute atomic E-state index is 0.159. The molecule has 0 aliphatic heterocycles. The van der Waals surface area contributed by atoms with Gasteiger partial charge in [0.2, 0.25) is 0 Å². The van der Waals surface area contributed by atoms with Gasteiger partial charge < -0.3 is 5.11 Å². The Kier molecular flexibility index (Phi) is 3.88. The normalized spacial score (nSPS) is 11.9. The molecule has 2 nitrogen and oxygen atoms in total. The maximum atomic E-state index is 13.1. The molecule has 0 heterocycles. The summed E-state index contributed by atoms with van der Waals surface area (Å²) in [5, 5.41) is 18.8. The second kappa shape index (κ2) is 5.59. The molecule has 0 aliphatic carbocycles. The van der Waals surface area contributed by atoms with Crippen LogP contribution < -0.4 is 0 Å². The molecule has 0 aliphatic rings. The fraction of sp³-hybridized carbons (Fsp3) is 0.133.